The van der Waals surface area contributed by atoms with E-state index >= 15 is 0 Å². The highest BCUT2D eigenvalue weighted by Crippen LogP contribution is 2.62. The summed E-state index contributed by atoms with van der Waals surface area (Å²) < 4.78 is 6.24. The van der Waals surface area contributed by atoms with E-state index in [-0.39, 0.29) is 0 Å². The van der Waals surface area contributed by atoms with E-state index in [2.05, 4.69) is 0 Å². The van der Waals surface area contributed by atoms with Crippen molar-refractivity contribution in [1.29, 1.82) is 0 Å². The second-order valence-corrected chi connectivity index (χ2v) is 8.44. The van der Waals surface area contributed by atoms with Gasteiger partial charge in [-0.1, -0.05) is 24.3 Å². The Bertz CT molecular complexity index is 1450. The van der Waals surface area contributed by atoms with Crippen LogP contribution >= 0.6 is 0 Å². The molecule has 0 saturated heterocycles. The molecule has 0 saturated carbocycles. The van der Waals surface area contributed by atoms with Crippen LogP contribution in [0.1, 0.15) is 63.7 Å². The maximum Gasteiger partial charge on any atom is 0.150 e. The number of carbonyl (C=O) groups is 4. The van der Waals surface area contributed by atoms with Crippen molar-refractivity contribution in [3.05, 3.63) is 117 Å². The highest BCUT2D eigenvalue weighted by Gasteiger charge is 2.51. The molecule has 4 aromatic carbocycles. The largest absolute Gasteiger partial charge is 0.457 e. The van der Waals surface area contributed by atoms with E-state index in [0.717, 1.165) is 47.4 Å². The topological polar surface area (TPSA) is 77.5 Å². The molecule has 0 bridgehead atoms. The molecule has 0 fully saturated rings. The maximum absolute atomic E-state index is 11.8. The Labute approximate surface area is 194 Å². The number of rotatable bonds is 4. The van der Waals surface area contributed by atoms with Crippen molar-refractivity contribution in [3.8, 4) is 22.6 Å². The lowest BCUT2D eigenvalue weighted by Gasteiger charge is -2.39. The van der Waals surface area contributed by atoms with Gasteiger partial charge in [0.05, 0.1) is 5.41 Å². The molecule has 34 heavy (non-hydrogen) atoms. The third kappa shape index (κ3) is 2.49. The zero-order valence-corrected chi connectivity index (χ0v) is 17.8. The lowest BCUT2D eigenvalue weighted by molar-refractivity contribution is 0.111. The van der Waals surface area contributed by atoms with E-state index < -0.39 is 5.41 Å². The summed E-state index contributed by atoms with van der Waals surface area (Å²) >= 11 is 0. The summed E-state index contributed by atoms with van der Waals surface area (Å²) in [6.07, 6.45) is 3.12. The fourth-order valence-corrected chi connectivity index (χ4v) is 5.36. The smallest absolute Gasteiger partial charge is 0.150 e. The number of benzene rings is 4. The fraction of sp³-hybridized carbons (Fsp3) is 0.0345. The first kappa shape index (κ1) is 20.0. The van der Waals surface area contributed by atoms with Gasteiger partial charge >= 0.3 is 0 Å². The summed E-state index contributed by atoms with van der Waals surface area (Å²) in [4.78, 5) is 47.1. The van der Waals surface area contributed by atoms with Crippen LogP contribution in [0, 0.1) is 0 Å². The van der Waals surface area contributed by atoms with E-state index in [9.17, 15) is 19.2 Å². The van der Waals surface area contributed by atoms with Crippen molar-refractivity contribution >= 4 is 25.1 Å². The summed E-state index contributed by atoms with van der Waals surface area (Å²) in [6, 6.07) is 21.4. The molecule has 1 aliphatic heterocycles. The van der Waals surface area contributed by atoms with Crippen LogP contribution in [0.3, 0.4) is 0 Å². The van der Waals surface area contributed by atoms with Gasteiger partial charge in [-0.05, 0) is 70.8 Å². The van der Waals surface area contributed by atoms with Crippen LogP contribution in [0.15, 0.2) is 72.8 Å². The van der Waals surface area contributed by atoms with E-state index in [1.807, 2.05) is 24.3 Å². The minimum atomic E-state index is -0.996. The fourth-order valence-electron chi connectivity index (χ4n) is 5.36. The number of hydrogen-bond acceptors (Lipinski definition) is 5. The first-order valence-electron chi connectivity index (χ1n) is 10.7. The Kier molecular flexibility index (Phi) is 4.23. The van der Waals surface area contributed by atoms with E-state index in [4.69, 9.17) is 4.74 Å². The van der Waals surface area contributed by atoms with E-state index in [1.165, 1.54) is 0 Å². The van der Waals surface area contributed by atoms with Gasteiger partial charge in [-0.25, -0.2) is 0 Å². The molecule has 0 atom stereocenters. The number of aldehydes is 4. The average molecular weight is 444 g/mol. The molecule has 5 nitrogen and oxygen atoms in total. The van der Waals surface area contributed by atoms with Crippen LogP contribution in [-0.2, 0) is 5.41 Å². The molecule has 0 aromatic heterocycles. The van der Waals surface area contributed by atoms with Crippen LogP contribution in [-0.4, -0.2) is 25.1 Å². The third-order valence-corrected chi connectivity index (χ3v) is 6.76. The van der Waals surface area contributed by atoms with Gasteiger partial charge in [0, 0.05) is 33.4 Å². The zero-order chi connectivity index (χ0) is 23.4. The van der Waals surface area contributed by atoms with Crippen molar-refractivity contribution < 1.29 is 23.9 Å². The van der Waals surface area contributed by atoms with Crippen molar-refractivity contribution in [2.24, 2.45) is 0 Å². The van der Waals surface area contributed by atoms with Crippen molar-refractivity contribution in [3.63, 3.8) is 0 Å². The minimum Gasteiger partial charge on any atom is -0.457 e. The highest BCUT2D eigenvalue weighted by molar-refractivity contribution is 5.93. The van der Waals surface area contributed by atoms with Crippen molar-refractivity contribution in [2.75, 3.05) is 0 Å². The third-order valence-electron chi connectivity index (χ3n) is 6.76. The van der Waals surface area contributed by atoms with Crippen molar-refractivity contribution in [1.82, 2.24) is 0 Å². The molecule has 162 valence electrons. The molecule has 6 rings (SSSR count). The number of ether oxygens (including phenoxy) is 1. The van der Waals surface area contributed by atoms with Gasteiger partial charge in [-0.3, -0.25) is 19.2 Å². The first-order valence-corrected chi connectivity index (χ1v) is 10.7. The normalized spacial score (nSPS) is 13.6. The van der Waals surface area contributed by atoms with Crippen LogP contribution in [0.5, 0.6) is 11.5 Å². The van der Waals surface area contributed by atoms with Gasteiger partial charge in [0.1, 0.15) is 36.6 Å². The second kappa shape index (κ2) is 7.18. The maximum atomic E-state index is 11.8. The van der Waals surface area contributed by atoms with Crippen LogP contribution in [0.2, 0.25) is 0 Å². The number of hydrogen-bond donors (Lipinski definition) is 0. The van der Waals surface area contributed by atoms with Crippen LogP contribution in [0.25, 0.3) is 11.1 Å². The summed E-state index contributed by atoms with van der Waals surface area (Å²) in [5.41, 5.74) is 5.80. The zero-order valence-electron chi connectivity index (χ0n) is 17.8. The van der Waals surface area contributed by atoms with Gasteiger partial charge < -0.3 is 4.74 Å². The second-order valence-electron chi connectivity index (χ2n) is 8.44. The quantitative estimate of drug-likeness (QED) is 0.340. The summed E-state index contributed by atoms with van der Waals surface area (Å²) in [7, 11) is 0. The van der Waals surface area contributed by atoms with E-state index in [0.29, 0.717) is 44.9 Å². The molecule has 1 aliphatic carbocycles. The van der Waals surface area contributed by atoms with Crippen LogP contribution < -0.4 is 4.74 Å². The Morgan fingerprint density at radius 1 is 0.471 bits per heavy atom. The van der Waals surface area contributed by atoms with Gasteiger partial charge in [0.2, 0.25) is 0 Å². The molecular formula is C29H16O5. The molecule has 0 amide bonds. The van der Waals surface area contributed by atoms with Gasteiger partial charge in [0.15, 0.2) is 0 Å². The van der Waals surface area contributed by atoms with Gasteiger partial charge in [-0.2, -0.15) is 0 Å². The van der Waals surface area contributed by atoms with Gasteiger partial charge in [0.25, 0.3) is 0 Å². The summed E-state index contributed by atoms with van der Waals surface area (Å²) in [5, 5.41) is 0. The van der Waals surface area contributed by atoms with Crippen LogP contribution in [0.4, 0.5) is 0 Å². The van der Waals surface area contributed by atoms with E-state index in [1.54, 1.807) is 48.5 Å². The molecule has 0 N–H and O–H groups in total. The lowest BCUT2D eigenvalue weighted by atomic mass is 9.65. The molecule has 0 radical (unpaired) electrons. The average Bonchev–Trinajstić information content (AvgIpc) is 3.18. The predicted octanol–water partition coefficient (Wildman–Crippen LogP) is 5.41. The molecule has 2 aliphatic rings. The summed E-state index contributed by atoms with van der Waals surface area (Å²) in [6.45, 7) is 0. The predicted molar refractivity (Wildman–Crippen MR) is 125 cm³/mol. The number of carbonyl (C=O) groups excluding carboxylic acids is 4. The number of fused-ring (bicyclic) bond motifs is 9. The molecule has 1 spiro atoms. The standard InChI is InChI=1S/C29H16O5/c30-13-17-1-5-21-22-6-2-18(14-31)10-24(22)29(23(21)9-17)25-11-19(15-32)3-7-27(25)34-28-8-4-20(16-33)12-26(28)29/h1-16H. The van der Waals surface area contributed by atoms with Gasteiger partial charge in [-0.15, -0.1) is 0 Å². The highest BCUT2D eigenvalue weighted by atomic mass is 16.5. The Hall–Kier alpha value is -4.64. The Morgan fingerprint density at radius 3 is 1.21 bits per heavy atom. The SMILES string of the molecule is O=Cc1ccc2c(c1)C1(c3cc(C=O)ccc3O2)c2cc(C=O)ccc2-c2ccc(C=O)cc21. The van der Waals surface area contributed by atoms with Crippen molar-refractivity contribution in [2.45, 2.75) is 5.41 Å². The minimum absolute atomic E-state index is 0.463. The molecule has 1 heterocycles. The first-order chi connectivity index (χ1) is 16.6. The molecular weight excluding hydrogens is 428 g/mol. The molecule has 5 heteroatoms. The molecule has 4 aromatic rings. The Balaban J connectivity index is 1.86. The molecule has 0 unspecified atom stereocenters. The summed E-state index contributed by atoms with van der Waals surface area (Å²) in [5.74, 6) is 1.12. The Morgan fingerprint density at radius 2 is 0.824 bits per heavy atom. The lowest BCUT2D eigenvalue weighted by Crippen LogP contribution is -2.32. The monoisotopic (exact) mass is 444 g/mol.